The van der Waals surface area contributed by atoms with Crippen molar-refractivity contribution in [2.24, 2.45) is 0 Å². The first kappa shape index (κ1) is 18.2. The lowest BCUT2D eigenvalue weighted by Gasteiger charge is -2.11. The van der Waals surface area contributed by atoms with E-state index >= 15 is 0 Å². The summed E-state index contributed by atoms with van der Waals surface area (Å²) in [5.74, 6) is -0.794. The van der Waals surface area contributed by atoms with E-state index < -0.39 is 17.0 Å². The molecular weight excluding hydrogens is 356 g/mol. The molecule has 0 saturated heterocycles. The van der Waals surface area contributed by atoms with E-state index in [1.807, 2.05) is 0 Å². The highest BCUT2D eigenvalue weighted by molar-refractivity contribution is 8.00. The second-order valence-electron chi connectivity index (χ2n) is 4.67. The number of H-pyrrole nitrogens is 1. The zero-order chi connectivity index (χ0) is 17.7. The van der Waals surface area contributed by atoms with Crippen molar-refractivity contribution in [1.29, 1.82) is 0 Å². The lowest BCUT2D eigenvalue weighted by Crippen LogP contribution is -2.37. The van der Waals surface area contributed by atoms with E-state index in [2.05, 4.69) is 9.97 Å². The summed E-state index contributed by atoms with van der Waals surface area (Å²) in [5, 5.41) is 0.873. The van der Waals surface area contributed by atoms with Crippen LogP contribution in [0.25, 0.3) is 0 Å². The average Bonchev–Trinajstić information content (AvgIpc) is 2.53. The number of rotatable bonds is 7. The fraction of sp³-hybridized carbons (Fsp3) is 0.286. The van der Waals surface area contributed by atoms with E-state index in [0.29, 0.717) is 10.0 Å². The number of nitrogens with one attached hydrogen (secondary N) is 1. The van der Waals surface area contributed by atoms with Crippen molar-refractivity contribution < 1.29 is 9.53 Å². The Hall–Kier alpha value is -2.10. The highest BCUT2D eigenvalue weighted by atomic mass is 35.5. The van der Waals surface area contributed by atoms with E-state index in [1.54, 1.807) is 18.3 Å². The molecule has 0 saturated carbocycles. The maximum absolute atomic E-state index is 12.4. The van der Waals surface area contributed by atoms with Crippen molar-refractivity contribution in [2.75, 3.05) is 25.2 Å². The smallest absolute Gasteiger partial charge is 0.330 e. The van der Waals surface area contributed by atoms with Gasteiger partial charge in [-0.2, -0.15) is 0 Å². The summed E-state index contributed by atoms with van der Waals surface area (Å²) in [6, 6.07) is 3.32. The van der Waals surface area contributed by atoms with Gasteiger partial charge in [0.2, 0.25) is 0 Å². The molecule has 0 fully saturated rings. The number of anilines is 1. The molecule has 0 amide bonds. The number of hydrogen-bond acceptors (Lipinski definition) is 7. The predicted octanol–water partition coefficient (Wildman–Crippen LogP) is 0.789. The monoisotopic (exact) mass is 370 g/mol. The fourth-order valence-electron chi connectivity index (χ4n) is 1.95. The molecule has 0 spiro atoms. The molecule has 0 bridgehead atoms. The molecule has 0 atom stereocenters. The van der Waals surface area contributed by atoms with Crippen LogP contribution < -0.4 is 17.0 Å². The number of thioether (sulfide) groups is 1. The number of aromatic amines is 1. The first-order chi connectivity index (χ1) is 11.5. The summed E-state index contributed by atoms with van der Waals surface area (Å²) < 4.78 is 5.98. The second-order valence-corrected chi connectivity index (χ2v) is 6.04. The zero-order valence-electron chi connectivity index (χ0n) is 12.7. The Labute approximate surface area is 146 Å². The summed E-state index contributed by atoms with van der Waals surface area (Å²) in [6.07, 6.45) is 1.55. The van der Waals surface area contributed by atoms with Crippen molar-refractivity contribution in [2.45, 2.75) is 11.6 Å². The zero-order valence-corrected chi connectivity index (χ0v) is 14.3. The van der Waals surface area contributed by atoms with Gasteiger partial charge in [-0.05, 0) is 12.1 Å². The molecule has 10 heteroatoms. The Morgan fingerprint density at radius 3 is 2.92 bits per heavy atom. The highest BCUT2D eigenvalue weighted by Gasteiger charge is 2.20. The average molecular weight is 371 g/mol. The van der Waals surface area contributed by atoms with Gasteiger partial charge in [0.05, 0.1) is 23.9 Å². The van der Waals surface area contributed by atoms with Gasteiger partial charge in [0.25, 0.3) is 5.56 Å². The van der Waals surface area contributed by atoms with Gasteiger partial charge in [0.15, 0.2) is 5.78 Å². The van der Waals surface area contributed by atoms with E-state index in [0.717, 1.165) is 16.3 Å². The number of nitrogen functional groups attached to an aromatic ring is 1. The highest BCUT2D eigenvalue weighted by Crippen LogP contribution is 2.24. The molecule has 0 aromatic carbocycles. The molecule has 0 unspecified atom stereocenters. The van der Waals surface area contributed by atoms with Gasteiger partial charge in [0, 0.05) is 13.3 Å². The van der Waals surface area contributed by atoms with E-state index in [-0.39, 0.29) is 30.3 Å². The molecule has 2 aromatic rings. The number of pyridine rings is 1. The molecular formula is C14H15ClN4O4S. The van der Waals surface area contributed by atoms with Crippen molar-refractivity contribution in [3.05, 3.63) is 49.8 Å². The number of methoxy groups -OCH3 is 1. The summed E-state index contributed by atoms with van der Waals surface area (Å²) >= 11 is 7.06. The Morgan fingerprint density at radius 2 is 2.25 bits per heavy atom. The maximum atomic E-state index is 12.4. The van der Waals surface area contributed by atoms with Gasteiger partial charge in [-0.15, -0.1) is 0 Å². The molecule has 0 aliphatic rings. The molecule has 2 heterocycles. The minimum Gasteiger partial charge on any atom is -0.384 e. The predicted molar refractivity (Wildman–Crippen MR) is 91.9 cm³/mol. The lowest BCUT2D eigenvalue weighted by molar-refractivity contribution is 0.102. The third-order valence-electron chi connectivity index (χ3n) is 3.10. The number of nitrogens with zero attached hydrogens (tertiary/aromatic N) is 2. The first-order valence-corrected chi connectivity index (χ1v) is 8.20. The number of nitrogens with two attached hydrogens (primary N) is 1. The molecule has 128 valence electrons. The summed E-state index contributed by atoms with van der Waals surface area (Å²) in [4.78, 5) is 42.3. The minimum absolute atomic E-state index is 0.0908. The van der Waals surface area contributed by atoms with Crippen LogP contribution in [0.1, 0.15) is 10.4 Å². The maximum Gasteiger partial charge on any atom is 0.330 e. The van der Waals surface area contributed by atoms with Gasteiger partial charge < -0.3 is 10.5 Å². The van der Waals surface area contributed by atoms with Crippen molar-refractivity contribution >= 4 is 35.0 Å². The van der Waals surface area contributed by atoms with Gasteiger partial charge in [-0.25, -0.2) is 9.78 Å². The Kier molecular flexibility index (Phi) is 6.18. The Morgan fingerprint density at radius 1 is 1.50 bits per heavy atom. The van der Waals surface area contributed by atoms with Crippen LogP contribution in [0.5, 0.6) is 0 Å². The van der Waals surface area contributed by atoms with Crippen molar-refractivity contribution in [3.8, 4) is 0 Å². The largest absolute Gasteiger partial charge is 0.384 e. The van der Waals surface area contributed by atoms with E-state index in [1.165, 1.54) is 7.11 Å². The quantitative estimate of drug-likeness (QED) is 0.546. The first-order valence-electron chi connectivity index (χ1n) is 6.83. The molecule has 2 rings (SSSR count). The third kappa shape index (κ3) is 4.05. The molecule has 8 nitrogen and oxygen atoms in total. The van der Waals surface area contributed by atoms with E-state index in [4.69, 9.17) is 22.1 Å². The van der Waals surface area contributed by atoms with Crippen molar-refractivity contribution in [1.82, 2.24) is 14.5 Å². The molecule has 24 heavy (non-hydrogen) atoms. The number of carbonyl (C=O) groups is 1. The van der Waals surface area contributed by atoms with Crippen LogP contribution in [0.3, 0.4) is 0 Å². The van der Waals surface area contributed by atoms with Crippen molar-refractivity contribution in [3.63, 3.8) is 0 Å². The number of ether oxygens (including phenoxy) is 1. The summed E-state index contributed by atoms with van der Waals surface area (Å²) in [5.41, 5.74) is 4.08. The van der Waals surface area contributed by atoms with Crippen LogP contribution in [-0.4, -0.2) is 39.8 Å². The van der Waals surface area contributed by atoms with Crippen LogP contribution in [0, 0.1) is 0 Å². The summed E-state index contributed by atoms with van der Waals surface area (Å²) in [7, 11) is 1.46. The molecule has 3 N–H and O–H groups in total. The minimum atomic E-state index is -0.816. The number of halogens is 1. The topological polar surface area (TPSA) is 120 Å². The van der Waals surface area contributed by atoms with Crippen LogP contribution in [0.4, 0.5) is 5.82 Å². The third-order valence-corrected chi connectivity index (χ3v) is 4.52. The number of ketones is 1. The Bertz CT molecular complexity index is 865. The molecule has 0 aliphatic carbocycles. The number of Topliss-reactive ketones (excluding diaryl/α,β-unsaturated/α-hetero) is 1. The standard InChI is InChI=1S/C14H15ClN4O4S/c1-23-6-5-19-11(16)10(12(21)18-14(19)22)9(20)7-24-13-8(15)3-2-4-17-13/h2-4H,5-7,16H2,1H3,(H,18,21,22). The van der Waals surface area contributed by atoms with Crippen LogP contribution in [0.15, 0.2) is 32.9 Å². The number of carbonyl (C=O) groups excluding carboxylic acids is 1. The van der Waals surface area contributed by atoms with Crippen LogP contribution in [0.2, 0.25) is 5.02 Å². The van der Waals surface area contributed by atoms with Gasteiger partial charge in [-0.3, -0.25) is 19.1 Å². The van der Waals surface area contributed by atoms with E-state index in [9.17, 15) is 14.4 Å². The van der Waals surface area contributed by atoms with Crippen LogP contribution >= 0.6 is 23.4 Å². The van der Waals surface area contributed by atoms with Gasteiger partial charge >= 0.3 is 5.69 Å². The fourth-order valence-corrected chi connectivity index (χ4v) is 2.98. The number of hydrogen-bond donors (Lipinski definition) is 2. The summed E-state index contributed by atoms with van der Waals surface area (Å²) in [6.45, 7) is 0.333. The molecule has 0 radical (unpaired) electrons. The SMILES string of the molecule is COCCn1c(N)c(C(=O)CSc2ncccc2Cl)c(=O)[nH]c1=O. The van der Waals surface area contributed by atoms with Gasteiger partial charge in [0.1, 0.15) is 16.4 Å². The number of aromatic nitrogens is 3. The molecule has 2 aromatic heterocycles. The second kappa shape index (κ2) is 8.13. The lowest BCUT2D eigenvalue weighted by atomic mass is 10.2. The normalized spacial score (nSPS) is 10.8. The van der Waals surface area contributed by atoms with Crippen LogP contribution in [-0.2, 0) is 11.3 Å². The molecule has 0 aliphatic heterocycles. The van der Waals surface area contributed by atoms with Gasteiger partial charge in [-0.1, -0.05) is 23.4 Å². The Balaban J connectivity index is 2.27.